The lowest BCUT2D eigenvalue weighted by Crippen LogP contribution is -2.14. The molecule has 1 atom stereocenters. The fourth-order valence-electron chi connectivity index (χ4n) is 2.54. The van der Waals surface area contributed by atoms with Crippen LogP contribution in [0, 0.1) is 5.92 Å². The molecule has 0 spiro atoms. The van der Waals surface area contributed by atoms with Gasteiger partial charge in [0.25, 0.3) is 5.91 Å². The van der Waals surface area contributed by atoms with Gasteiger partial charge in [-0.2, -0.15) is 0 Å². The van der Waals surface area contributed by atoms with Crippen LogP contribution in [-0.2, 0) is 11.2 Å². The third-order valence-corrected chi connectivity index (χ3v) is 3.95. The molecule has 1 aromatic carbocycles. The number of nitrogens with two attached hydrogens (primary N) is 1. The van der Waals surface area contributed by atoms with Crippen LogP contribution in [0.15, 0.2) is 48.6 Å². The van der Waals surface area contributed by atoms with Gasteiger partial charge in [-0.1, -0.05) is 12.1 Å². The Kier molecular flexibility index (Phi) is 5.13. The predicted molar refractivity (Wildman–Crippen MR) is 93.0 cm³/mol. The van der Waals surface area contributed by atoms with E-state index in [9.17, 15) is 4.79 Å². The molecule has 0 saturated heterocycles. The molecule has 1 amide bonds. The molecule has 130 valence electrons. The lowest BCUT2D eigenvalue weighted by atomic mass is 10.0. The van der Waals surface area contributed by atoms with Crippen molar-refractivity contribution in [2.45, 2.75) is 12.8 Å². The standard InChI is InChI=1S/C18H20N4O3/c1-24-17-10-20-15(9-21-17)18(23)22-14-6-4-12(5-7-14)2-3-13-8-16(19)25-11-13/h4-10,13H,2-3,11,19H2,1H3,(H,22,23)/t13-/m0/s1. The van der Waals surface area contributed by atoms with Gasteiger partial charge in [-0.25, -0.2) is 9.97 Å². The van der Waals surface area contributed by atoms with E-state index in [1.807, 2.05) is 30.3 Å². The molecule has 25 heavy (non-hydrogen) atoms. The number of benzene rings is 1. The Bertz CT molecular complexity index is 757. The van der Waals surface area contributed by atoms with Crippen LogP contribution in [0.4, 0.5) is 5.69 Å². The second kappa shape index (κ2) is 7.65. The first-order chi connectivity index (χ1) is 12.1. The highest BCUT2D eigenvalue weighted by Gasteiger charge is 2.15. The van der Waals surface area contributed by atoms with Crippen molar-refractivity contribution in [1.29, 1.82) is 0 Å². The number of ether oxygens (including phenoxy) is 2. The largest absolute Gasteiger partial charge is 0.480 e. The van der Waals surface area contributed by atoms with Crippen molar-refractivity contribution >= 4 is 11.6 Å². The highest BCUT2D eigenvalue weighted by molar-refractivity contribution is 6.02. The molecule has 3 rings (SSSR count). The molecule has 0 fully saturated rings. The van der Waals surface area contributed by atoms with Crippen LogP contribution in [0.3, 0.4) is 0 Å². The molecule has 0 radical (unpaired) electrons. The minimum Gasteiger partial charge on any atom is -0.480 e. The lowest BCUT2D eigenvalue weighted by molar-refractivity contribution is 0.102. The number of carbonyl (C=O) groups excluding carboxylic acids is 1. The molecule has 3 N–H and O–H groups in total. The second-order valence-corrected chi connectivity index (χ2v) is 5.77. The summed E-state index contributed by atoms with van der Waals surface area (Å²) >= 11 is 0. The summed E-state index contributed by atoms with van der Waals surface area (Å²) in [5.41, 5.74) is 7.74. The van der Waals surface area contributed by atoms with Gasteiger partial charge in [-0.3, -0.25) is 4.79 Å². The summed E-state index contributed by atoms with van der Waals surface area (Å²) < 4.78 is 10.2. The van der Waals surface area contributed by atoms with E-state index in [1.54, 1.807) is 0 Å². The molecule has 1 aliphatic rings. The van der Waals surface area contributed by atoms with Crippen LogP contribution >= 0.6 is 0 Å². The summed E-state index contributed by atoms with van der Waals surface area (Å²) in [4.78, 5) is 20.1. The Morgan fingerprint density at radius 2 is 2.12 bits per heavy atom. The van der Waals surface area contributed by atoms with E-state index in [1.165, 1.54) is 25.1 Å². The van der Waals surface area contributed by atoms with Gasteiger partial charge in [0.15, 0.2) is 5.88 Å². The fourth-order valence-corrected chi connectivity index (χ4v) is 2.54. The van der Waals surface area contributed by atoms with E-state index in [0.29, 0.717) is 30.0 Å². The highest BCUT2D eigenvalue weighted by atomic mass is 16.5. The summed E-state index contributed by atoms with van der Waals surface area (Å²) in [6.45, 7) is 0.656. The predicted octanol–water partition coefficient (Wildman–Crippen LogP) is 2.12. The number of nitrogens with zero attached hydrogens (tertiary/aromatic N) is 2. The Labute approximate surface area is 145 Å². The van der Waals surface area contributed by atoms with Gasteiger partial charge < -0.3 is 20.5 Å². The average Bonchev–Trinajstić information content (AvgIpc) is 3.06. The van der Waals surface area contributed by atoms with Crippen LogP contribution in [-0.4, -0.2) is 29.6 Å². The van der Waals surface area contributed by atoms with Crippen LogP contribution in [0.25, 0.3) is 0 Å². The van der Waals surface area contributed by atoms with Crippen LogP contribution < -0.4 is 15.8 Å². The molecule has 0 unspecified atom stereocenters. The van der Waals surface area contributed by atoms with Gasteiger partial charge in [-0.15, -0.1) is 0 Å². The highest BCUT2D eigenvalue weighted by Crippen LogP contribution is 2.19. The summed E-state index contributed by atoms with van der Waals surface area (Å²) in [6, 6.07) is 7.75. The first-order valence-corrected chi connectivity index (χ1v) is 8.00. The Morgan fingerprint density at radius 3 is 2.72 bits per heavy atom. The van der Waals surface area contributed by atoms with E-state index in [2.05, 4.69) is 15.3 Å². The first-order valence-electron chi connectivity index (χ1n) is 8.00. The molecule has 0 saturated carbocycles. The molecular weight excluding hydrogens is 320 g/mol. The van der Waals surface area contributed by atoms with Crippen molar-refractivity contribution in [3.05, 3.63) is 59.9 Å². The van der Waals surface area contributed by atoms with Crippen molar-refractivity contribution in [2.75, 3.05) is 19.0 Å². The van der Waals surface area contributed by atoms with Gasteiger partial charge in [0, 0.05) is 11.6 Å². The molecule has 2 aromatic rings. The minimum absolute atomic E-state index is 0.232. The first kappa shape index (κ1) is 16.8. The summed E-state index contributed by atoms with van der Waals surface area (Å²) in [7, 11) is 1.50. The Balaban J connectivity index is 1.53. The molecule has 2 heterocycles. The Morgan fingerprint density at radius 1 is 1.32 bits per heavy atom. The molecule has 7 nitrogen and oxygen atoms in total. The van der Waals surface area contributed by atoms with Crippen LogP contribution in [0.1, 0.15) is 22.5 Å². The van der Waals surface area contributed by atoms with Crippen molar-refractivity contribution in [3.8, 4) is 5.88 Å². The fraction of sp³-hybridized carbons (Fsp3) is 0.278. The topological polar surface area (TPSA) is 99.4 Å². The molecule has 0 bridgehead atoms. The number of rotatable bonds is 6. The molecule has 7 heteroatoms. The number of nitrogens with one attached hydrogen (secondary N) is 1. The van der Waals surface area contributed by atoms with Gasteiger partial charge >= 0.3 is 0 Å². The Hall–Kier alpha value is -3.09. The van der Waals surface area contributed by atoms with Gasteiger partial charge in [0.05, 0.1) is 26.1 Å². The maximum atomic E-state index is 12.1. The average molecular weight is 340 g/mol. The zero-order valence-corrected chi connectivity index (χ0v) is 13.9. The molecule has 0 aliphatic carbocycles. The lowest BCUT2D eigenvalue weighted by Gasteiger charge is -2.08. The molecule has 1 aromatic heterocycles. The number of hydrogen-bond donors (Lipinski definition) is 2. The van der Waals surface area contributed by atoms with Crippen LogP contribution in [0.2, 0.25) is 0 Å². The third kappa shape index (κ3) is 4.47. The summed E-state index contributed by atoms with van der Waals surface area (Å²) in [5, 5.41) is 2.80. The molecular formula is C18H20N4O3. The van der Waals surface area contributed by atoms with Crippen molar-refractivity contribution < 1.29 is 14.3 Å². The molecule has 1 aliphatic heterocycles. The minimum atomic E-state index is -0.313. The van der Waals surface area contributed by atoms with Crippen molar-refractivity contribution in [3.63, 3.8) is 0 Å². The number of carbonyl (C=O) groups is 1. The van der Waals surface area contributed by atoms with E-state index in [0.717, 1.165) is 12.8 Å². The van der Waals surface area contributed by atoms with E-state index < -0.39 is 0 Å². The van der Waals surface area contributed by atoms with E-state index in [4.69, 9.17) is 15.2 Å². The van der Waals surface area contributed by atoms with Gasteiger partial charge in [-0.05, 0) is 36.6 Å². The third-order valence-electron chi connectivity index (χ3n) is 3.95. The number of anilines is 1. The number of hydrogen-bond acceptors (Lipinski definition) is 6. The normalized spacial score (nSPS) is 16.0. The van der Waals surface area contributed by atoms with Crippen molar-refractivity contribution in [1.82, 2.24) is 9.97 Å². The van der Waals surface area contributed by atoms with Gasteiger partial charge in [0.1, 0.15) is 5.69 Å². The zero-order chi connectivity index (χ0) is 17.6. The van der Waals surface area contributed by atoms with E-state index in [-0.39, 0.29) is 11.6 Å². The number of methoxy groups -OCH3 is 1. The smallest absolute Gasteiger partial charge is 0.275 e. The zero-order valence-electron chi connectivity index (χ0n) is 13.9. The van der Waals surface area contributed by atoms with Crippen LogP contribution in [0.5, 0.6) is 5.88 Å². The van der Waals surface area contributed by atoms with E-state index >= 15 is 0 Å². The number of aromatic nitrogens is 2. The number of amides is 1. The second-order valence-electron chi connectivity index (χ2n) is 5.77. The number of aryl methyl sites for hydroxylation is 1. The maximum absolute atomic E-state index is 12.1. The van der Waals surface area contributed by atoms with Crippen molar-refractivity contribution in [2.24, 2.45) is 11.7 Å². The maximum Gasteiger partial charge on any atom is 0.275 e. The summed E-state index contributed by atoms with van der Waals surface area (Å²) in [5.74, 6) is 0.939. The SMILES string of the molecule is COc1cnc(C(=O)Nc2ccc(CC[C@H]3C=C(N)OC3)cc2)cn1. The quantitative estimate of drug-likeness (QED) is 0.835. The van der Waals surface area contributed by atoms with Gasteiger partial charge in [0.2, 0.25) is 5.88 Å². The monoisotopic (exact) mass is 340 g/mol. The summed E-state index contributed by atoms with van der Waals surface area (Å²) in [6.07, 6.45) is 6.66.